The van der Waals surface area contributed by atoms with Crippen LogP contribution in [0.2, 0.25) is 0 Å². The first-order valence-electron chi connectivity index (χ1n) is 10.2. The number of aliphatic hydroxyl groups excluding tert-OH is 1. The zero-order valence-corrected chi connectivity index (χ0v) is 17.2. The lowest BCUT2D eigenvalue weighted by atomic mass is 9.97. The molecule has 1 saturated heterocycles. The van der Waals surface area contributed by atoms with Crippen LogP contribution in [0.5, 0.6) is 0 Å². The molecule has 1 aromatic carbocycles. The van der Waals surface area contributed by atoms with E-state index in [1.54, 1.807) is 4.90 Å². The second kappa shape index (κ2) is 11.2. The molecule has 152 valence electrons. The molecule has 2 amide bonds. The van der Waals surface area contributed by atoms with E-state index in [1.807, 2.05) is 29.5 Å². The molecular formula is C22H31N3O2S. The van der Waals surface area contributed by atoms with E-state index in [0.29, 0.717) is 19.0 Å². The lowest BCUT2D eigenvalue weighted by molar-refractivity contribution is 0.162. The number of aliphatic hydroxyl groups is 1. The average molecular weight is 402 g/mol. The highest BCUT2D eigenvalue weighted by molar-refractivity contribution is 7.09. The van der Waals surface area contributed by atoms with Crippen LogP contribution in [0.4, 0.5) is 4.79 Å². The van der Waals surface area contributed by atoms with Crippen LogP contribution in [0.15, 0.2) is 47.8 Å². The Morgan fingerprint density at radius 3 is 2.61 bits per heavy atom. The number of hydrogen-bond acceptors (Lipinski definition) is 4. The van der Waals surface area contributed by atoms with Crippen LogP contribution in [0.3, 0.4) is 0 Å². The molecule has 1 fully saturated rings. The highest BCUT2D eigenvalue weighted by atomic mass is 32.1. The molecule has 0 radical (unpaired) electrons. The number of hydrogen-bond donors (Lipinski definition) is 2. The lowest BCUT2D eigenvalue weighted by Crippen LogP contribution is -2.45. The van der Waals surface area contributed by atoms with Gasteiger partial charge in [-0.05, 0) is 55.3 Å². The van der Waals surface area contributed by atoms with Crippen molar-refractivity contribution in [2.24, 2.45) is 5.92 Å². The summed E-state index contributed by atoms with van der Waals surface area (Å²) in [7, 11) is 0. The van der Waals surface area contributed by atoms with E-state index >= 15 is 0 Å². The smallest absolute Gasteiger partial charge is 0.317 e. The van der Waals surface area contributed by atoms with Gasteiger partial charge in [-0.3, -0.25) is 4.90 Å². The first-order valence-corrected chi connectivity index (χ1v) is 11.0. The van der Waals surface area contributed by atoms with Crippen molar-refractivity contribution in [1.82, 2.24) is 15.1 Å². The molecule has 0 saturated carbocycles. The monoisotopic (exact) mass is 401 g/mol. The third-order valence-corrected chi connectivity index (χ3v) is 6.24. The Bertz CT molecular complexity index is 685. The largest absolute Gasteiger partial charge is 0.395 e. The molecule has 3 rings (SSSR count). The molecule has 2 N–H and O–H groups in total. The molecule has 2 aromatic rings. The van der Waals surface area contributed by atoms with Gasteiger partial charge in [-0.2, -0.15) is 0 Å². The van der Waals surface area contributed by atoms with Crippen LogP contribution in [-0.4, -0.2) is 60.3 Å². The third kappa shape index (κ3) is 6.62. The predicted molar refractivity (Wildman–Crippen MR) is 115 cm³/mol. The van der Waals surface area contributed by atoms with Crippen molar-refractivity contribution in [3.05, 3.63) is 58.3 Å². The van der Waals surface area contributed by atoms with Crippen molar-refractivity contribution in [1.29, 1.82) is 0 Å². The van der Waals surface area contributed by atoms with Gasteiger partial charge in [0.05, 0.1) is 6.61 Å². The molecule has 1 aliphatic rings. The van der Waals surface area contributed by atoms with E-state index in [1.165, 1.54) is 10.4 Å². The normalized spacial score (nSPS) is 15.5. The maximum absolute atomic E-state index is 12.6. The van der Waals surface area contributed by atoms with Crippen molar-refractivity contribution in [2.45, 2.75) is 25.8 Å². The van der Waals surface area contributed by atoms with E-state index in [0.717, 1.165) is 45.4 Å². The van der Waals surface area contributed by atoms with Gasteiger partial charge in [0.1, 0.15) is 0 Å². The summed E-state index contributed by atoms with van der Waals surface area (Å²) in [4.78, 5) is 18.2. The number of nitrogens with zero attached hydrogens (tertiary/aromatic N) is 2. The number of amides is 2. The molecule has 0 bridgehead atoms. The Morgan fingerprint density at radius 2 is 1.93 bits per heavy atom. The van der Waals surface area contributed by atoms with Gasteiger partial charge in [-0.25, -0.2) is 4.79 Å². The second-order valence-electron chi connectivity index (χ2n) is 7.43. The van der Waals surface area contributed by atoms with E-state index in [4.69, 9.17) is 0 Å². The van der Waals surface area contributed by atoms with Crippen molar-refractivity contribution < 1.29 is 9.90 Å². The van der Waals surface area contributed by atoms with E-state index in [-0.39, 0.29) is 12.6 Å². The Labute approximate surface area is 172 Å². The summed E-state index contributed by atoms with van der Waals surface area (Å²) in [6.45, 7) is 4.93. The molecule has 28 heavy (non-hydrogen) atoms. The number of carbonyl (C=O) groups is 1. The first-order chi connectivity index (χ1) is 13.7. The third-order valence-electron chi connectivity index (χ3n) is 5.38. The van der Waals surface area contributed by atoms with Crippen molar-refractivity contribution in [2.75, 3.05) is 39.3 Å². The summed E-state index contributed by atoms with van der Waals surface area (Å²) in [6, 6.07) is 14.4. The quantitative estimate of drug-likeness (QED) is 0.678. The van der Waals surface area contributed by atoms with Gasteiger partial charge in [0.25, 0.3) is 0 Å². The Morgan fingerprint density at radius 1 is 1.14 bits per heavy atom. The summed E-state index contributed by atoms with van der Waals surface area (Å²) < 4.78 is 0. The maximum atomic E-state index is 12.6. The standard InChI is InChI=1S/C22H31N3O2S/c26-15-14-25(13-10-19-5-2-1-3-6-19)22(27)23-17-20-8-11-24(12-9-20)18-21-7-4-16-28-21/h1-7,16,20,26H,8-15,17-18H2,(H,23,27). The van der Waals surface area contributed by atoms with Crippen molar-refractivity contribution in [3.63, 3.8) is 0 Å². The highest BCUT2D eigenvalue weighted by Gasteiger charge is 2.21. The number of nitrogens with one attached hydrogen (secondary N) is 1. The fourth-order valence-electron chi connectivity index (χ4n) is 3.66. The summed E-state index contributed by atoms with van der Waals surface area (Å²) in [5, 5.41) is 14.5. The zero-order valence-electron chi connectivity index (χ0n) is 16.4. The SMILES string of the molecule is O=C(NCC1CCN(Cc2cccs2)CC1)N(CCO)CCc1ccccc1. The Kier molecular flexibility index (Phi) is 8.33. The minimum absolute atomic E-state index is 0.0106. The molecule has 2 heterocycles. The van der Waals surface area contributed by atoms with Crippen LogP contribution >= 0.6 is 11.3 Å². The molecule has 0 aliphatic carbocycles. The Balaban J connectivity index is 1.38. The average Bonchev–Trinajstić information content (AvgIpc) is 3.24. The number of rotatable bonds is 9. The molecule has 5 nitrogen and oxygen atoms in total. The van der Waals surface area contributed by atoms with Crippen molar-refractivity contribution in [3.8, 4) is 0 Å². The minimum Gasteiger partial charge on any atom is -0.395 e. The first kappa shape index (κ1) is 20.8. The Hall–Kier alpha value is -1.89. The van der Waals surface area contributed by atoms with Crippen LogP contribution in [-0.2, 0) is 13.0 Å². The zero-order chi connectivity index (χ0) is 19.6. The fourth-order valence-corrected chi connectivity index (χ4v) is 4.41. The van der Waals surface area contributed by atoms with Gasteiger partial charge >= 0.3 is 6.03 Å². The molecule has 0 atom stereocenters. The van der Waals surface area contributed by atoms with E-state index < -0.39 is 0 Å². The van der Waals surface area contributed by atoms with Gasteiger partial charge in [-0.15, -0.1) is 11.3 Å². The fraction of sp³-hybridized carbons (Fsp3) is 0.500. The number of benzene rings is 1. The number of carbonyl (C=O) groups excluding carboxylic acids is 1. The van der Waals surface area contributed by atoms with Crippen LogP contribution in [0.25, 0.3) is 0 Å². The molecule has 1 aliphatic heterocycles. The molecule has 1 aromatic heterocycles. The highest BCUT2D eigenvalue weighted by Crippen LogP contribution is 2.20. The number of likely N-dealkylation sites (tertiary alicyclic amines) is 1. The van der Waals surface area contributed by atoms with Crippen molar-refractivity contribution >= 4 is 17.4 Å². The number of piperidine rings is 1. The van der Waals surface area contributed by atoms with Crippen LogP contribution in [0.1, 0.15) is 23.3 Å². The number of thiophene rings is 1. The number of urea groups is 1. The van der Waals surface area contributed by atoms with E-state index in [9.17, 15) is 9.90 Å². The predicted octanol–water partition coefficient (Wildman–Crippen LogP) is 3.21. The second-order valence-corrected chi connectivity index (χ2v) is 8.46. The van der Waals surface area contributed by atoms with Crippen LogP contribution < -0.4 is 5.32 Å². The topological polar surface area (TPSA) is 55.8 Å². The summed E-state index contributed by atoms with van der Waals surface area (Å²) >= 11 is 1.82. The van der Waals surface area contributed by atoms with Gasteiger partial charge in [0, 0.05) is 31.1 Å². The molecule has 6 heteroatoms. The van der Waals surface area contributed by atoms with Gasteiger partial charge < -0.3 is 15.3 Å². The minimum atomic E-state index is -0.0639. The summed E-state index contributed by atoms with van der Waals surface area (Å²) in [6.07, 6.45) is 3.04. The van der Waals surface area contributed by atoms with Gasteiger partial charge in [0.2, 0.25) is 0 Å². The summed E-state index contributed by atoms with van der Waals surface area (Å²) in [5.74, 6) is 0.536. The van der Waals surface area contributed by atoms with E-state index in [2.05, 4.69) is 39.9 Å². The lowest BCUT2D eigenvalue weighted by Gasteiger charge is -2.32. The molecule has 0 unspecified atom stereocenters. The van der Waals surface area contributed by atoms with Crippen LogP contribution in [0, 0.1) is 5.92 Å². The van der Waals surface area contributed by atoms with Gasteiger partial charge in [-0.1, -0.05) is 36.4 Å². The maximum Gasteiger partial charge on any atom is 0.317 e. The van der Waals surface area contributed by atoms with Gasteiger partial charge in [0.15, 0.2) is 0 Å². The summed E-state index contributed by atoms with van der Waals surface area (Å²) in [5.41, 5.74) is 1.20. The molecule has 0 spiro atoms. The molecular weight excluding hydrogens is 370 g/mol.